The van der Waals surface area contributed by atoms with Crippen LogP contribution in [0, 0.1) is 0 Å². The highest BCUT2D eigenvalue weighted by Crippen LogP contribution is 2.29. The van der Waals surface area contributed by atoms with Gasteiger partial charge in [-0.1, -0.05) is 26.0 Å². The lowest BCUT2D eigenvalue weighted by Crippen LogP contribution is -2.40. The Balaban J connectivity index is 1.54. The molecule has 1 aromatic carbocycles. The summed E-state index contributed by atoms with van der Waals surface area (Å²) in [6.07, 6.45) is 0.943. The fraction of sp³-hybridized carbons (Fsp3) is 0.522. The van der Waals surface area contributed by atoms with Gasteiger partial charge in [0.05, 0.1) is 18.9 Å². The van der Waals surface area contributed by atoms with Crippen LogP contribution >= 0.6 is 0 Å². The van der Waals surface area contributed by atoms with E-state index >= 15 is 0 Å². The van der Waals surface area contributed by atoms with Crippen molar-refractivity contribution in [2.45, 2.75) is 46.2 Å². The number of hydrogen-bond acceptors (Lipinski definition) is 6. The Kier molecular flexibility index (Phi) is 6.29. The Hall–Kier alpha value is -2.51. The third-order valence-electron chi connectivity index (χ3n) is 5.64. The number of hydrogen-bond donors (Lipinski definition) is 1. The standard InChI is InChI=1S/C23H31N5O2/c1-16(2)22-25-21-8-9-27(14-18-4-6-19(7-5-18)24-17(3)29)15-20(21)23(26-22)28-10-12-30-13-11-28/h4-7,16H,8-15H2,1-3H3,(H,24,29). The number of carbonyl (C=O) groups is 1. The van der Waals surface area contributed by atoms with E-state index in [2.05, 4.69) is 41.1 Å². The lowest BCUT2D eigenvalue weighted by Gasteiger charge is -2.35. The summed E-state index contributed by atoms with van der Waals surface area (Å²) in [5.41, 5.74) is 4.54. The summed E-state index contributed by atoms with van der Waals surface area (Å²) < 4.78 is 5.56. The maximum Gasteiger partial charge on any atom is 0.221 e. The monoisotopic (exact) mass is 409 g/mol. The molecule has 0 spiro atoms. The molecular weight excluding hydrogens is 378 g/mol. The van der Waals surface area contributed by atoms with Gasteiger partial charge in [0.2, 0.25) is 5.91 Å². The fourth-order valence-corrected chi connectivity index (χ4v) is 4.06. The Morgan fingerprint density at radius 1 is 1.13 bits per heavy atom. The maximum absolute atomic E-state index is 11.2. The second kappa shape index (κ2) is 9.10. The van der Waals surface area contributed by atoms with Crippen molar-refractivity contribution in [2.75, 3.05) is 43.1 Å². The molecule has 2 aliphatic rings. The smallest absolute Gasteiger partial charge is 0.221 e. The number of morpholine rings is 1. The van der Waals surface area contributed by atoms with E-state index < -0.39 is 0 Å². The lowest BCUT2D eigenvalue weighted by molar-refractivity contribution is -0.114. The summed E-state index contributed by atoms with van der Waals surface area (Å²) in [7, 11) is 0. The van der Waals surface area contributed by atoms with E-state index in [9.17, 15) is 4.79 Å². The zero-order valence-electron chi connectivity index (χ0n) is 18.1. The molecule has 1 aromatic heterocycles. The van der Waals surface area contributed by atoms with Gasteiger partial charge in [-0.15, -0.1) is 0 Å². The number of nitrogens with zero attached hydrogens (tertiary/aromatic N) is 4. The van der Waals surface area contributed by atoms with Crippen LogP contribution in [0.2, 0.25) is 0 Å². The number of fused-ring (bicyclic) bond motifs is 1. The first kappa shape index (κ1) is 20.8. The van der Waals surface area contributed by atoms with Gasteiger partial charge in [0.25, 0.3) is 0 Å². The van der Waals surface area contributed by atoms with Crippen molar-refractivity contribution in [3.8, 4) is 0 Å². The van der Waals surface area contributed by atoms with Gasteiger partial charge < -0.3 is 15.0 Å². The van der Waals surface area contributed by atoms with Gasteiger partial charge in [0.15, 0.2) is 0 Å². The average molecular weight is 410 g/mol. The second-order valence-corrected chi connectivity index (χ2v) is 8.42. The topological polar surface area (TPSA) is 70.6 Å². The highest BCUT2D eigenvalue weighted by Gasteiger charge is 2.26. The number of ether oxygens (including phenoxy) is 1. The minimum absolute atomic E-state index is 0.0493. The molecule has 160 valence electrons. The molecule has 0 bridgehead atoms. The van der Waals surface area contributed by atoms with Crippen molar-refractivity contribution in [3.05, 3.63) is 46.9 Å². The molecule has 0 unspecified atom stereocenters. The van der Waals surface area contributed by atoms with Gasteiger partial charge in [-0.2, -0.15) is 0 Å². The van der Waals surface area contributed by atoms with E-state index in [0.29, 0.717) is 5.92 Å². The Labute approximate surface area is 178 Å². The van der Waals surface area contributed by atoms with Crippen molar-refractivity contribution in [2.24, 2.45) is 0 Å². The van der Waals surface area contributed by atoms with Crippen LogP contribution < -0.4 is 10.2 Å². The Morgan fingerprint density at radius 2 is 1.87 bits per heavy atom. The van der Waals surface area contributed by atoms with Gasteiger partial charge >= 0.3 is 0 Å². The summed E-state index contributed by atoms with van der Waals surface area (Å²) in [6.45, 7) is 11.8. The highest BCUT2D eigenvalue weighted by molar-refractivity contribution is 5.88. The first-order valence-electron chi connectivity index (χ1n) is 10.8. The van der Waals surface area contributed by atoms with Crippen molar-refractivity contribution >= 4 is 17.4 Å². The number of carbonyl (C=O) groups excluding carboxylic acids is 1. The zero-order valence-corrected chi connectivity index (χ0v) is 18.1. The summed E-state index contributed by atoms with van der Waals surface area (Å²) in [5, 5.41) is 2.82. The predicted molar refractivity (Wildman–Crippen MR) is 118 cm³/mol. The number of anilines is 2. The molecule has 2 aromatic rings. The summed E-state index contributed by atoms with van der Waals surface area (Å²) in [6, 6.07) is 8.10. The van der Waals surface area contributed by atoms with Gasteiger partial charge in [-0.25, -0.2) is 9.97 Å². The number of nitrogens with one attached hydrogen (secondary N) is 1. The minimum atomic E-state index is -0.0493. The molecule has 2 aliphatic heterocycles. The molecule has 1 saturated heterocycles. The molecule has 7 heteroatoms. The molecule has 0 aliphatic carbocycles. The summed E-state index contributed by atoms with van der Waals surface area (Å²) >= 11 is 0. The molecule has 1 amide bonds. The third kappa shape index (κ3) is 4.79. The van der Waals surface area contributed by atoms with Crippen molar-refractivity contribution in [1.29, 1.82) is 0 Å². The van der Waals surface area contributed by atoms with Crippen molar-refractivity contribution in [1.82, 2.24) is 14.9 Å². The van der Waals surface area contributed by atoms with E-state index in [1.54, 1.807) is 0 Å². The van der Waals surface area contributed by atoms with E-state index in [0.717, 1.165) is 69.7 Å². The molecule has 1 fully saturated rings. The van der Waals surface area contributed by atoms with Crippen LogP contribution in [0.5, 0.6) is 0 Å². The molecule has 0 atom stereocenters. The fourth-order valence-electron chi connectivity index (χ4n) is 4.06. The highest BCUT2D eigenvalue weighted by atomic mass is 16.5. The molecule has 7 nitrogen and oxygen atoms in total. The molecule has 0 radical (unpaired) electrons. The van der Waals surface area contributed by atoms with Gasteiger partial charge in [0.1, 0.15) is 11.6 Å². The lowest BCUT2D eigenvalue weighted by atomic mass is 10.0. The molecular formula is C23H31N5O2. The molecule has 1 N–H and O–H groups in total. The van der Waals surface area contributed by atoms with Gasteiger partial charge in [0, 0.05) is 63.2 Å². The van der Waals surface area contributed by atoms with E-state index in [-0.39, 0.29) is 5.91 Å². The van der Waals surface area contributed by atoms with E-state index in [1.165, 1.54) is 23.7 Å². The average Bonchev–Trinajstić information content (AvgIpc) is 2.74. The first-order chi connectivity index (χ1) is 14.5. The number of amides is 1. The van der Waals surface area contributed by atoms with Gasteiger partial charge in [-0.3, -0.25) is 9.69 Å². The van der Waals surface area contributed by atoms with Gasteiger partial charge in [-0.05, 0) is 17.7 Å². The molecule has 4 rings (SSSR count). The number of benzene rings is 1. The van der Waals surface area contributed by atoms with Crippen molar-refractivity contribution < 1.29 is 9.53 Å². The quantitative estimate of drug-likeness (QED) is 0.819. The minimum Gasteiger partial charge on any atom is -0.378 e. The van der Waals surface area contributed by atoms with Crippen LogP contribution in [0.4, 0.5) is 11.5 Å². The largest absolute Gasteiger partial charge is 0.378 e. The SMILES string of the molecule is CC(=O)Nc1ccc(CN2CCc3nc(C(C)C)nc(N4CCOCC4)c3C2)cc1. The normalized spacial score (nSPS) is 17.1. The van der Waals surface area contributed by atoms with Crippen LogP contribution in [0.15, 0.2) is 24.3 Å². The third-order valence-corrected chi connectivity index (χ3v) is 5.64. The second-order valence-electron chi connectivity index (χ2n) is 8.42. The molecule has 3 heterocycles. The summed E-state index contributed by atoms with van der Waals surface area (Å²) in [4.78, 5) is 25.9. The Morgan fingerprint density at radius 3 is 2.53 bits per heavy atom. The van der Waals surface area contributed by atoms with Crippen LogP contribution in [-0.2, 0) is 29.0 Å². The summed E-state index contributed by atoms with van der Waals surface area (Å²) in [5.74, 6) is 2.30. The van der Waals surface area contributed by atoms with Crippen LogP contribution in [0.3, 0.4) is 0 Å². The van der Waals surface area contributed by atoms with Crippen LogP contribution in [-0.4, -0.2) is 53.6 Å². The van der Waals surface area contributed by atoms with E-state index in [4.69, 9.17) is 14.7 Å². The van der Waals surface area contributed by atoms with E-state index in [1.807, 2.05) is 12.1 Å². The zero-order chi connectivity index (χ0) is 21.1. The predicted octanol–water partition coefficient (Wildman–Crippen LogP) is 2.95. The van der Waals surface area contributed by atoms with Crippen LogP contribution in [0.1, 0.15) is 49.3 Å². The molecule has 0 saturated carbocycles. The number of rotatable bonds is 5. The number of aromatic nitrogens is 2. The van der Waals surface area contributed by atoms with Crippen LogP contribution in [0.25, 0.3) is 0 Å². The Bertz CT molecular complexity index is 891. The maximum atomic E-state index is 11.2. The van der Waals surface area contributed by atoms with Crippen molar-refractivity contribution in [3.63, 3.8) is 0 Å². The molecule has 30 heavy (non-hydrogen) atoms. The first-order valence-corrected chi connectivity index (χ1v) is 10.8.